The Kier molecular flexibility index (Phi) is 1.99. The molecule has 0 atom stereocenters. The van der Waals surface area contributed by atoms with E-state index in [1.165, 1.54) is 0 Å². The quantitative estimate of drug-likeness (QED) is 0.721. The minimum atomic E-state index is -3.27. The Bertz CT molecular complexity index is 526. The highest BCUT2D eigenvalue weighted by atomic mass is 32.2. The number of sulfone groups is 1. The molecule has 0 aliphatic heterocycles. The largest absolute Gasteiger partial charge is 0.290 e. The molecule has 0 spiro atoms. The Hall–Kier alpha value is -1.43. The van der Waals surface area contributed by atoms with E-state index in [9.17, 15) is 8.42 Å². The van der Waals surface area contributed by atoms with Gasteiger partial charge >= 0.3 is 0 Å². The Morgan fingerprint density at radius 1 is 1.50 bits per heavy atom. The summed E-state index contributed by atoms with van der Waals surface area (Å²) in [4.78, 5) is 7.98. The molecule has 5 nitrogen and oxygen atoms in total. The van der Waals surface area contributed by atoms with Gasteiger partial charge in [0.2, 0.25) is 0 Å². The zero-order valence-electron chi connectivity index (χ0n) is 7.29. The Balaban J connectivity index is 2.46. The zero-order chi connectivity index (χ0) is 10.2. The van der Waals surface area contributed by atoms with Crippen LogP contribution in [0.3, 0.4) is 0 Å². The van der Waals surface area contributed by atoms with Gasteiger partial charge < -0.3 is 0 Å². The first-order valence-corrected chi connectivity index (χ1v) is 5.70. The van der Waals surface area contributed by atoms with Crippen molar-refractivity contribution >= 4 is 15.5 Å². The van der Waals surface area contributed by atoms with Gasteiger partial charge in [0.05, 0.1) is 17.7 Å². The molecule has 0 aliphatic carbocycles. The Morgan fingerprint density at radius 3 is 2.93 bits per heavy atom. The summed E-state index contributed by atoms with van der Waals surface area (Å²) in [5, 5.41) is 0. The number of nitrogens with zero attached hydrogens (tertiary/aromatic N) is 3. The molecule has 73 valence electrons. The summed E-state index contributed by atoms with van der Waals surface area (Å²) in [6.45, 7) is 0. The molecule has 2 rings (SSSR count). The normalized spacial score (nSPS) is 12.1. The van der Waals surface area contributed by atoms with Crippen molar-refractivity contribution in [3.05, 3.63) is 36.7 Å². The van der Waals surface area contributed by atoms with E-state index in [1.54, 1.807) is 29.2 Å². The number of hydrogen-bond acceptors (Lipinski definition) is 4. The molecular weight excluding hydrogens is 202 g/mol. The fourth-order valence-electron chi connectivity index (χ4n) is 1.19. The minimum absolute atomic E-state index is 0.144. The first-order valence-electron chi connectivity index (χ1n) is 3.88. The van der Waals surface area contributed by atoms with Crippen molar-refractivity contribution < 1.29 is 8.42 Å². The van der Waals surface area contributed by atoms with E-state index in [4.69, 9.17) is 0 Å². The minimum Gasteiger partial charge on any atom is -0.290 e. The van der Waals surface area contributed by atoms with Crippen LogP contribution in [-0.2, 0) is 15.6 Å². The lowest BCUT2D eigenvalue weighted by Gasteiger charge is -1.89. The topological polar surface area (TPSA) is 64.3 Å². The van der Waals surface area contributed by atoms with Crippen LogP contribution in [0.2, 0.25) is 0 Å². The maximum atomic E-state index is 10.9. The lowest BCUT2D eigenvalue weighted by atomic mass is 10.6. The monoisotopic (exact) mass is 210 g/mol. The third kappa shape index (κ3) is 1.90. The molecule has 0 aliphatic rings. The van der Waals surface area contributed by atoms with Gasteiger partial charge in [-0.1, -0.05) is 0 Å². The third-order valence-electron chi connectivity index (χ3n) is 1.68. The molecule has 6 heteroatoms. The van der Waals surface area contributed by atoms with Gasteiger partial charge in [-0.3, -0.25) is 4.40 Å². The molecule has 0 saturated carbocycles. The summed E-state index contributed by atoms with van der Waals surface area (Å²) in [6, 6.07) is 1.71. The Morgan fingerprint density at radius 2 is 2.29 bits per heavy atom. The predicted molar refractivity (Wildman–Crippen MR) is 51.0 cm³/mol. The first kappa shape index (κ1) is 9.14. The molecule has 1 radical (unpaired) electrons. The fraction of sp³-hybridized carbons (Fsp3) is 0.125. The van der Waals surface area contributed by atoms with Crippen LogP contribution in [0.5, 0.6) is 0 Å². The Labute approximate surface area is 81.3 Å². The van der Waals surface area contributed by atoms with Crippen LogP contribution in [0.4, 0.5) is 0 Å². The van der Waals surface area contributed by atoms with Gasteiger partial charge in [0.15, 0.2) is 9.84 Å². The third-order valence-corrected chi connectivity index (χ3v) is 2.41. The van der Waals surface area contributed by atoms with E-state index < -0.39 is 9.84 Å². The second-order valence-electron chi connectivity index (χ2n) is 2.97. The van der Waals surface area contributed by atoms with Crippen LogP contribution in [0.25, 0.3) is 5.65 Å². The molecular formula is C8H8N3O2S. The van der Waals surface area contributed by atoms with E-state index >= 15 is 0 Å². The summed E-state index contributed by atoms with van der Waals surface area (Å²) in [6.07, 6.45) is 7.85. The van der Waals surface area contributed by atoms with Crippen LogP contribution in [0.1, 0.15) is 5.69 Å². The average Bonchev–Trinajstić information content (AvgIpc) is 2.42. The standard InChI is InChI=1S/C8H8N3O2S/c1-14(12,13)5-7-4-11-6-9-3-2-8(11)10-7/h2-4,6H,1,5H2. The maximum Gasteiger partial charge on any atom is 0.157 e. The van der Waals surface area contributed by atoms with Crippen LogP contribution in [0, 0.1) is 6.26 Å². The summed E-state index contributed by atoms with van der Waals surface area (Å²) in [7, 11) is -3.27. The SMILES string of the molecule is [CH2]S(=O)(=O)Cc1cn2cnccc2n1. The van der Waals surface area contributed by atoms with Crippen LogP contribution in [-0.4, -0.2) is 22.8 Å². The zero-order valence-corrected chi connectivity index (χ0v) is 8.11. The molecule has 14 heavy (non-hydrogen) atoms. The van der Waals surface area contributed by atoms with Gasteiger partial charge in [-0.15, -0.1) is 0 Å². The molecule has 2 heterocycles. The van der Waals surface area contributed by atoms with Gasteiger partial charge in [-0.05, 0) is 6.07 Å². The molecule has 2 aromatic rings. The molecule has 0 amide bonds. The second-order valence-corrected chi connectivity index (χ2v) is 4.74. The molecule has 0 aromatic carbocycles. The van der Waals surface area contributed by atoms with Crippen molar-refractivity contribution in [3.8, 4) is 0 Å². The molecule has 0 saturated heterocycles. The summed E-state index contributed by atoms with van der Waals surface area (Å²) < 4.78 is 23.5. The van der Waals surface area contributed by atoms with E-state index in [-0.39, 0.29) is 5.75 Å². The molecule has 0 N–H and O–H groups in total. The predicted octanol–water partition coefficient (Wildman–Crippen LogP) is 0.436. The van der Waals surface area contributed by atoms with Gasteiger partial charge in [0.1, 0.15) is 12.0 Å². The number of fused-ring (bicyclic) bond motifs is 1. The van der Waals surface area contributed by atoms with Gasteiger partial charge in [0, 0.05) is 12.4 Å². The highest BCUT2D eigenvalue weighted by Gasteiger charge is 2.08. The number of hydrogen-bond donors (Lipinski definition) is 0. The molecule has 0 unspecified atom stereocenters. The van der Waals surface area contributed by atoms with E-state index in [0.29, 0.717) is 11.3 Å². The van der Waals surface area contributed by atoms with E-state index in [1.807, 2.05) is 0 Å². The first-order chi connectivity index (χ1) is 6.54. The van der Waals surface area contributed by atoms with Gasteiger partial charge in [0.25, 0.3) is 0 Å². The summed E-state index contributed by atoms with van der Waals surface area (Å²) in [5.74, 6) is -0.144. The van der Waals surface area contributed by atoms with Crippen molar-refractivity contribution in [1.82, 2.24) is 14.4 Å². The van der Waals surface area contributed by atoms with Gasteiger partial charge in [-0.25, -0.2) is 18.4 Å². The van der Waals surface area contributed by atoms with Gasteiger partial charge in [-0.2, -0.15) is 0 Å². The van der Waals surface area contributed by atoms with Crippen molar-refractivity contribution in [1.29, 1.82) is 0 Å². The highest BCUT2D eigenvalue weighted by Crippen LogP contribution is 2.06. The van der Waals surface area contributed by atoms with E-state index in [0.717, 1.165) is 0 Å². The van der Waals surface area contributed by atoms with Crippen molar-refractivity contribution in [2.75, 3.05) is 0 Å². The second kappa shape index (κ2) is 3.06. The maximum absolute atomic E-state index is 10.9. The smallest absolute Gasteiger partial charge is 0.157 e. The highest BCUT2D eigenvalue weighted by molar-refractivity contribution is 7.91. The molecule has 2 aromatic heterocycles. The van der Waals surface area contributed by atoms with Crippen LogP contribution < -0.4 is 0 Å². The fourth-order valence-corrected chi connectivity index (χ4v) is 1.78. The number of aromatic nitrogens is 3. The number of rotatable bonds is 2. The molecule has 0 fully saturated rings. The lowest BCUT2D eigenvalue weighted by molar-refractivity contribution is 0.603. The number of imidazole rings is 1. The van der Waals surface area contributed by atoms with Crippen molar-refractivity contribution in [2.24, 2.45) is 0 Å². The lowest BCUT2D eigenvalue weighted by Crippen LogP contribution is -1.97. The molecule has 0 bridgehead atoms. The van der Waals surface area contributed by atoms with Crippen LogP contribution >= 0.6 is 0 Å². The van der Waals surface area contributed by atoms with Crippen molar-refractivity contribution in [3.63, 3.8) is 0 Å². The summed E-state index contributed by atoms with van der Waals surface area (Å²) in [5.41, 5.74) is 1.16. The summed E-state index contributed by atoms with van der Waals surface area (Å²) >= 11 is 0. The van der Waals surface area contributed by atoms with E-state index in [2.05, 4.69) is 16.2 Å². The average molecular weight is 210 g/mol. The van der Waals surface area contributed by atoms with Crippen LogP contribution in [0.15, 0.2) is 24.8 Å². The van der Waals surface area contributed by atoms with Crippen molar-refractivity contribution in [2.45, 2.75) is 5.75 Å².